The van der Waals surface area contributed by atoms with Crippen molar-refractivity contribution >= 4 is 17.6 Å². The smallest absolute Gasteiger partial charge is 0.436 e. The maximum Gasteiger partial charge on any atom is 0.436 e. The Balaban J connectivity index is 1.59. The van der Waals surface area contributed by atoms with Gasteiger partial charge < -0.3 is 14.4 Å². The van der Waals surface area contributed by atoms with Gasteiger partial charge in [-0.25, -0.2) is 4.79 Å². The number of rotatable bonds is 4. The molecule has 170 valence electrons. The second kappa shape index (κ2) is 8.73. The van der Waals surface area contributed by atoms with E-state index in [4.69, 9.17) is 14.4 Å². The lowest BCUT2D eigenvalue weighted by Crippen LogP contribution is -2.51. The van der Waals surface area contributed by atoms with Crippen LogP contribution in [0.4, 0.5) is 10.5 Å². The second-order valence-electron chi connectivity index (χ2n) is 9.34. The number of oxime groups is 1. The van der Waals surface area contributed by atoms with Gasteiger partial charge in [-0.05, 0) is 36.0 Å². The molecule has 2 aromatic carbocycles. The van der Waals surface area contributed by atoms with Crippen molar-refractivity contribution in [3.05, 3.63) is 59.7 Å². The SMILES string of the molecule is COc1ccccc1NC(=O)ON1C(c2ccc(C(C)(C)C)cc2)=NOC12CCCCC2. The van der Waals surface area contributed by atoms with Crippen LogP contribution < -0.4 is 10.1 Å². The van der Waals surface area contributed by atoms with Gasteiger partial charge in [0.25, 0.3) is 0 Å². The number of anilines is 1. The van der Waals surface area contributed by atoms with E-state index in [2.05, 4.69) is 43.4 Å². The van der Waals surface area contributed by atoms with E-state index in [9.17, 15) is 4.79 Å². The third-order valence-electron chi connectivity index (χ3n) is 6.03. The third kappa shape index (κ3) is 4.38. The van der Waals surface area contributed by atoms with Crippen LogP contribution in [0, 0.1) is 0 Å². The average Bonchev–Trinajstić information content (AvgIpc) is 3.11. The van der Waals surface area contributed by atoms with E-state index in [0.29, 0.717) is 17.3 Å². The average molecular weight is 438 g/mol. The normalized spacial score (nSPS) is 17.5. The van der Waals surface area contributed by atoms with Gasteiger partial charge in [-0.15, -0.1) is 5.06 Å². The van der Waals surface area contributed by atoms with E-state index < -0.39 is 11.8 Å². The van der Waals surface area contributed by atoms with E-state index in [1.807, 2.05) is 24.3 Å². The van der Waals surface area contributed by atoms with Crippen LogP contribution in [-0.4, -0.2) is 29.8 Å². The van der Waals surface area contributed by atoms with Gasteiger partial charge in [0, 0.05) is 18.4 Å². The number of para-hydroxylation sites is 2. The van der Waals surface area contributed by atoms with Crippen LogP contribution in [0.3, 0.4) is 0 Å². The van der Waals surface area contributed by atoms with Crippen LogP contribution in [0.1, 0.15) is 64.0 Å². The molecule has 1 aliphatic heterocycles. The summed E-state index contributed by atoms with van der Waals surface area (Å²) in [4.78, 5) is 24.7. The lowest BCUT2D eigenvalue weighted by Gasteiger charge is -2.37. The zero-order chi connectivity index (χ0) is 22.8. The van der Waals surface area contributed by atoms with E-state index in [-0.39, 0.29) is 5.41 Å². The molecule has 1 N–H and O–H groups in total. The number of amidine groups is 1. The summed E-state index contributed by atoms with van der Waals surface area (Å²) in [5.74, 6) is 1.06. The molecule has 2 aliphatic rings. The topological polar surface area (TPSA) is 72.4 Å². The van der Waals surface area contributed by atoms with E-state index >= 15 is 0 Å². The molecule has 1 spiro atoms. The van der Waals surface area contributed by atoms with E-state index in [1.165, 1.54) is 5.56 Å². The largest absolute Gasteiger partial charge is 0.495 e. The molecule has 7 heteroatoms. The molecule has 7 nitrogen and oxygen atoms in total. The van der Waals surface area contributed by atoms with E-state index in [0.717, 1.165) is 37.7 Å². The first-order chi connectivity index (χ1) is 15.3. The summed E-state index contributed by atoms with van der Waals surface area (Å²) >= 11 is 0. The maximum absolute atomic E-state index is 12.9. The van der Waals surface area contributed by atoms with Gasteiger partial charge >= 0.3 is 6.09 Å². The monoisotopic (exact) mass is 437 g/mol. The molecule has 1 saturated carbocycles. The fourth-order valence-electron chi connectivity index (χ4n) is 4.17. The van der Waals surface area contributed by atoms with Crippen molar-refractivity contribution < 1.29 is 19.2 Å². The summed E-state index contributed by atoms with van der Waals surface area (Å²) in [6, 6.07) is 15.4. The highest BCUT2D eigenvalue weighted by atomic mass is 16.8. The number of hydrogen-bond donors (Lipinski definition) is 1. The minimum absolute atomic E-state index is 0.0436. The highest BCUT2D eigenvalue weighted by Gasteiger charge is 2.50. The van der Waals surface area contributed by atoms with Crippen molar-refractivity contribution in [2.24, 2.45) is 5.16 Å². The first kappa shape index (κ1) is 22.0. The Kier molecular flexibility index (Phi) is 6.00. The van der Waals surface area contributed by atoms with Crippen LogP contribution >= 0.6 is 0 Å². The van der Waals surface area contributed by atoms with Crippen LogP contribution in [0.5, 0.6) is 5.75 Å². The van der Waals surface area contributed by atoms with Crippen molar-refractivity contribution in [1.82, 2.24) is 5.06 Å². The van der Waals surface area contributed by atoms with Crippen molar-refractivity contribution in [2.75, 3.05) is 12.4 Å². The van der Waals surface area contributed by atoms with Gasteiger partial charge in [0.05, 0.1) is 12.8 Å². The minimum Gasteiger partial charge on any atom is -0.495 e. The number of amides is 1. The number of hydrogen-bond acceptors (Lipinski definition) is 6. The Labute approximate surface area is 189 Å². The number of benzene rings is 2. The number of nitrogens with one attached hydrogen (secondary N) is 1. The first-order valence-corrected chi connectivity index (χ1v) is 11.1. The van der Waals surface area contributed by atoms with Gasteiger partial charge in [-0.1, -0.05) is 68.7 Å². The summed E-state index contributed by atoms with van der Waals surface area (Å²) in [6.45, 7) is 6.52. The molecular formula is C25H31N3O4. The lowest BCUT2D eigenvalue weighted by molar-refractivity contribution is -0.224. The Bertz CT molecular complexity index is 989. The second-order valence-corrected chi connectivity index (χ2v) is 9.34. The zero-order valence-electron chi connectivity index (χ0n) is 19.2. The van der Waals surface area contributed by atoms with Gasteiger partial charge in [0.15, 0.2) is 0 Å². The molecule has 2 aromatic rings. The molecule has 1 heterocycles. The Morgan fingerprint density at radius 2 is 1.75 bits per heavy atom. The maximum atomic E-state index is 12.9. The number of carbonyl (C=O) groups is 1. The summed E-state index contributed by atoms with van der Waals surface area (Å²) < 4.78 is 5.32. The predicted molar refractivity (Wildman–Crippen MR) is 124 cm³/mol. The van der Waals surface area contributed by atoms with Gasteiger partial charge in [-0.3, -0.25) is 5.32 Å². The van der Waals surface area contributed by atoms with Crippen molar-refractivity contribution in [2.45, 2.75) is 64.0 Å². The van der Waals surface area contributed by atoms with Gasteiger partial charge in [-0.2, -0.15) is 0 Å². The van der Waals surface area contributed by atoms with Crippen LogP contribution in [0.25, 0.3) is 0 Å². The Morgan fingerprint density at radius 1 is 1.06 bits per heavy atom. The molecule has 0 atom stereocenters. The summed E-state index contributed by atoms with van der Waals surface area (Å²) in [5, 5.41) is 8.69. The highest BCUT2D eigenvalue weighted by molar-refractivity contribution is 6.00. The molecule has 1 fully saturated rings. The summed E-state index contributed by atoms with van der Waals surface area (Å²) in [6.07, 6.45) is 3.95. The number of hydroxylamine groups is 2. The molecule has 0 saturated heterocycles. The molecule has 0 aromatic heterocycles. The Morgan fingerprint density at radius 3 is 2.41 bits per heavy atom. The first-order valence-electron chi connectivity index (χ1n) is 11.1. The van der Waals surface area contributed by atoms with Crippen LogP contribution in [-0.2, 0) is 15.1 Å². The zero-order valence-corrected chi connectivity index (χ0v) is 19.2. The highest BCUT2D eigenvalue weighted by Crippen LogP contribution is 2.40. The molecule has 0 radical (unpaired) electrons. The molecular weight excluding hydrogens is 406 g/mol. The molecule has 0 bridgehead atoms. The van der Waals surface area contributed by atoms with Gasteiger partial charge in [0.1, 0.15) is 5.75 Å². The predicted octanol–water partition coefficient (Wildman–Crippen LogP) is 5.81. The van der Waals surface area contributed by atoms with Gasteiger partial charge in [0.2, 0.25) is 11.6 Å². The molecule has 1 amide bonds. The van der Waals surface area contributed by atoms with Crippen LogP contribution in [0.2, 0.25) is 0 Å². The quantitative estimate of drug-likeness (QED) is 0.653. The van der Waals surface area contributed by atoms with Crippen molar-refractivity contribution in [3.8, 4) is 5.75 Å². The van der Waals surface area contributed by atoms with Crippen molar-refractivity contribution in [3.63, 3.8) is 0 Å². The van der Waals surface area contributed by atoms with Crippen LogP contribution in [0.15, 0.2) is 53.7 Å². The number of methoxy groups -OCH3 is 1. The molecule has 1 aliphatic carbocycles. The Hall–Kier alpha value is -3.22. The van der Waals surface area contributed by atoms with E-state index in [1.54, 1.807) is 24.3 Å². The fourth-order valence-corrected chi connectivity index (χ4v) is 4.17. The summed E-state index contributed by atoms with van der Waals surface area (Å²) in [5.41, 5.74) is 1.86. The summed E-state index contributed by atoms with van der Waals surface area (Å²) in [7, 11) is 1.56. The number of nitrogens with zero attached hydrogens (tertiary/aromatic N) is 2. The molecule has 4 rings (SSSR count). The lowest BCUT2D eigenvalue weighted by atomic mass is 9.86. The molecule has 0 unspecified atom stereocenters. The number of ether oxygens (including phenoxy) is 1. The number of carbonyl (C=O) groups excluding carboxylic acids is 1. The molecule has 32 heavy (non-hydrogen) atoms. The fraction of sp³-hybridized carbons (Fsp3) is 0.440. The standard InChI is InChI=1S/C25H31N3O4/c1-24(2,3)19-14-12-18(13-15-19)22-27-32-25(16-8-5-9-17-25)28(22)31-23(29)26-20-10-6-7-11-21(20)30-4/h6-7,10-15H,5,8-9,16-17H2,1-4H3,(H,26,29). The van der Waals surface area contributed by atoms with Crippen molar-refractivity contribution in [1.29, 1.82) is 0 Å². The third-order valence-corrected chi connectivity index (χ3v) is 6.03. The minimum atomic E-state index is -0.769.